The van der Waals surface area contributed by atoms with Gasteiger partial charge in [-0.2, -0.15) is 0 Å². The lowest BCUT2D eigenvalue weighted by atomic mass is 10.1. The van der Waals surface area contributed by atoms with Gasteiger partial charge in [0.2, 0.25) is 0 Å². The van der Waals surface area contributed by atoms with E-state index in [4.69, 9.17) is 14.5 Å². The predicted molar refractivity (Wildman–Crippen MR) is 117 cm³/mol. The van der Waals surface area contributed by atoms with Crippen molar-refractivity contribution in [1.82, 2.24) is 10.2 Å². The van der Waals surface area contributed by atoms with E-state index in [0.29, 0.717) is 19.3 Å². The second kappa shape index (κ2) is 12.8. The van der Waals surface area contributed by atoms with Gasteiger partial charge in [-0.05, 0) is 51.0 Å². The quantitative estimate of drug-likeness (QED) is 0.254. The van der Waals surface area contributed by atoms with Gasteiger partial charge in [-0.3, -0.25) is 0 Å². The fourth-order valence-electron chi connectivity index (χ4n) is 2.74. The minimum atomic E-state index is 0. The second-order valence-electron chi connectivity index (χ2n) is 5.68. The maximum absolute atomic E-state index is 5.73. The first-order valence-electron chi connectivity index (χ1n) is 8.76. The molecule has 2 rings (SSSR count). The third kappa shape index (κ3) is 8.13. The van der Waals surface area contributed by atoms with Crippen LogP contribution in [0.2, 0.25) is 0 Å². The van der Waals surface area contributed by atoms with Crippen LogP contribution in [-0.2, 0) is 4.74 Å². The van der Waals surface area contributed by atoms with E-state index in [1.54, 1.807) is 0 Å². The van der Waals surface area contributed by atoms with E-state index in [-0.39, 0.29) is 24.0 Å². The number of guanidine groups is 1. The van der Waals surface area contributed by atoms with E-state index in [1.165, 1.54) is 0 Å². The molecule has 1 fully saturated rings. The highest BCUT2D eigenvalue weighted by Gasteiger charge is 2.21. The first-order chi connectivity index (χ1) is 11.7. The van der Waals surface area contributed by atoms with Gasteiger partial charge in [0.05, 0.1) is 12.6 Å². The van der Waals surface area contributed by atoms with E-state index in [1.807, 2.05) is 24.3 Å². The molecule has 0 saturated carbocycles. The van der Waals surface area contributed by atoms with Gasteiger partial charge in [0.25, 0.3) is 0 Å². The van der Waals surface area contributed by atoms with E-state index < -0.39 is 0 Å². The van der Waals surface area contributed by atoms with E-state index >= 15 is 0 Å². The summed E-state index contributed by atoms with van der Waals surface area (Å²) in [7, 11) is 0. The number of ether oxygens (including phenoxy) is 2. The number of hydrogen-bond acceptors (Lipinski definition) is 3. The zero-order valence-corrected chi connectivity index (χ0v) is 19.0. The number of rotatable bonds is 7. The highest BCUT2D eigenvalue weighted by Crippen LogP contribution is 2.16. The summed E-state index contributed by atoms with van der Waals surface area (Å²) in [4.78, 5) is 7.02. The number of piperidine rings is 1. The van der Waals surface area contributed by atoms with Crippen molar-refractivity contribution >= 4 is 45.9 Å². The molecule has 0 spiro atoms. The molecule has 1 aliphatic heterocycles. The summed E-state index contributed by atoms with van der Waals surface area (Å²) in [5, 5.41) is 3.38. The van der Waals surface area contributed by atoms with Crippen LogP contribution in [0.15, 0.2) is 33.7 Å². The Morgan fingerprint density at radius 1 is 1.24 bits per heavy atom. The number of benzene rings is 1. The molecule has 0 radical (unpaired) electrons. The van der Waals surface area contributed by atoms with Crippen molar-refractivity contribution in [2.45, 2.75) is 32.8 Å². The molecular weight excluding hydrogens is 497 g/mol. The van der Waals surface area contributed by atoms with Gasteiger partial charge in [0.15, 0.2) is 5.96 Å². The molecule has 0 amide bonds. The second-order valence-corrected chi connectivity index (χ2v) is 6.60. The lowest BCUT2D eigenvalue weighted by molar-refractivity contribution is 0.0263. The van der Waals surface area contributed by atoms with Crippen LogP contribution >= 0.6 is 39.9 Å². The lowest BCUT2D eigenvalue weighted by Crippen LogP contribution is -2.47. The van der Waals surface area contributed by atoms with Gasteiger partial charge in [-0.1, -0.05) is 15.9 Å². The number of hydrogen-bond donors (Lipinski definition) is 1. The fraction of sp³-hybridized carbons (Fsp3) is 0.611. The molecule has 1 aromatic rings. The van der Waals surface area contributed by atoms with Gasteiger partial charge in [-0.25, -0.2) is 4.99 Å². The SMILES string of the molecule is CCNC(=NCCOc1ccc(Br)cc1)N1CCC(OCC)CC1.I. The molecular formula is C18H29BrIN3O2. The van der Waals surface area contributed by atoms with Gasteiger partial charge in [0.1, 0.15) is 12.4 Å². The molecule has 0 aromatic heterocycles. The van der Waals surface area contributed by atoms with Gasteiger partial charge < -0.3 is 19.7 Å². The van der Waals surface area contributed by atoms with Crippen molar-refractivity contribution in [1.29, 1.82) is 0 Å². The molecule has 1 aromatic carbocycles. The fourth-order valence-corrected chi connectivity index (χ4v) is 3.01. The maximum Gasteiger partial charge on any atom is 0.194 e. The summed E-state index contributed by atoms with van der Waals surface area (Å²) in [6.45, 7) is 9.03. The third-order valence-corrected chi connectivity index (χ3v) is 4.44. The monoisotopic (exact) mass is 525 g/mol. The van der Waals surface area contributed by atoms with Crippen LogP contribution in [0.1, 0.15) is 26.7 Å². The Labute approximate surface area is 176 Å². The minimum Gasteiger partial charge on any atom is -0.492 e. The van der Waals surface area contributed by atoms with Crippen molar-refractivity contribution < 1.29 is 9.47 Å². The van der Waals surface area contributed by atoms with E-state index in [0.717, 1.165) is 55.3 Å². The van der Waals surface area contributed by atoms with Crippen molar-refractivity contribution in [3.05, 3.63) is 28.7 Å². The van der Waals surface area contributed by atoms with Crippen LogP contribution in [0.25, 0.3) is 0 Å². The van der Waals surface area contributed by atoms with Crippen molar-refractivity contribution in [3.8, 4) is 5.75 Å². The Morgan fingerprint density at radius 2 is 1.92 bits per heavy atom. The summed E-state index contributed by atoms with van der Waals surface area (Å²) < 4.78 is 12.5. The highest BCUT2D eigenvalue weighted by atomic mass is 127. The lowest BCUT2D eigenvalue weighted by Gasteiger charge is -2.34. The molecule has 7 heteroatoms. The van der Waals surface area contributed by atoms with Crippen LogP contribution in [0.4, 0.5) is 0 Å². The van der Waals surface area contributed by atoms with Crippen molar-refractivity contribution in [3.63, 3.8) is 0 Å². The third-order valence-electron chi connectivity index (χ3n) is 3.91. The van der Waals surface area contributed by atoms with Gasteiger partial charge in [-0.15, -0.1) is 24.0 Å². The number of aliphatic imine (C=N–C) groups is 1. The van der Waals surface area contributed by atoms with Crippen LogP contribution in [0.5, 0.6) is 5.75 Å². The standard InChI is InChI=1S/C18H28BrN3O2.HI/c1-3-20-18(22-12-9-17(10-13-22)23-4-2)21-11-14-24-16-7-5-15(19)6-8-16;/h5-8,17H,3-4,9-14H2,1-2H3,(H,20,21);1H. The van der Waals surface area contributed by atoms with Crippen molar-refractivity contribution in [2.75, 3.05) is 39.4 Å². The molecule has 1 heterocycles. The van der Waals surface area contributed by atoms with Gasteiger partial charge >= 0.3 is 0 Å². The summed E-state index contributed by atoms with van der Waals surface area (Å²) in [5.74, 6) is 1.85. The zero-order valence-electron chi connectivity index (χ0n) is 15.0. The summed E-state index contributed by atoms with van der Waals surface area (Å²) in [6.07, 6.45) is 2.52. The molecule has 1 N–H and O–H groups in total. The molecule has 1 aliphatic rings. The van der Waals surface area contributed by atoms with Crippen LogP contribution < -0.4 is 10.1 Å². The van der Waals surface area contributed by atoms with Crippen LogP contribution in [0.3, 0.4) is 0 Å². The average Bonchev–Trinajstić information content (AvgIpc) is 2.60. The summed E-state index contributed by atoms with van der Waals surface area (Å²) in [5.41, 5.74) is 0. The molecule has 0 unspecified atom stereocenters. The number of likely N-dealkylation sites (tertiary alicyclic amines) is 1. The Hall–Kier alpha value is -0.540. The van der Waals surface area contributed by atoms with Crippen LogP contribution in [-0.4, -0.2) is 56.4 Å². The summed E-state index contributed by atoms with van der Waals surface area (Å²) in [6, 6.07) is 7.87. The Balaban J connectivity index is 0.00000312. The highest BCUT2D eigenvalue weighted by molar-refractivity contribution is 14.0. The normalized spacial score (nSPS) is 15.6. The minimum absolute atomic E-state index is 0. The number of nitrogens with one attached hydrogen (secondary N) is 1. The largest absolute Gasteiger partial charge is 0.492 e. The molecule has 5 nitrogen and oxygen atoms in total. The van der Waals surface area contributed by atoms with Crippen molar-refractivity contribution in [2.24, 2.45) is 4.99 Å². The topological polar surface area (TPSA) is 46.1 Å². The molecule has 0 atom stereocenters. The molecule has 25 heavy (non-hydrogen) atoms. The van der Waals surface area contributed by atoms with E-state index in [2.05, 4.69) is 40.0 Å². The first-order valence-corrected chi connectivity index (χ1v) is 9.55. The zero-order chi connectivity index (χ0) is 17.2. The smallest absolute Gasteiger partial charge is 0.194 e. The predicted octanol–water partition coefficient (Wildman–Crippen LogP) is 3.91. The van der Waals surface area contributed by atoms with Crippen LogP contribution in [0, 0.1) is 0 Å². The summed E-state index contributed by atoms with van der Waals surface area (Å²) >= 11 is 3.42. The Kier molecular flexibility index (Phi) is 11.5. The molecule has 0 aliphatic carbocycles. The Morgan fingerprint density at radius 3 is 2.52 bits per heavy atom. The first kappa shape index (κ1) is 22.5. The number of nitrogens with zero attached hydrogens (tertiary/aromatic N) is 2. The average molecular weight is 526 g/mol. The van der Waals surface area contributed by atoms with Gasteiger partial charge in [0, 0.05) is 30.7 Å². The molecule has 1 saturated heterocycles. The van der Waals surface area contributed by atoms with E-state index in [9.17, 15) is 0 Å². The Bertz CT molecular complexity index is 506. The molecule has 0 bridgehead atoms. The number of halogens is 2. The molecule has 142 valence electrons. The maximum atomic E-state index is 5.73.